The maximum atomic E-state index is 11.9. The average molecular weight is 250 g/mol. The Bertz CT molecular complexity index is 275. The van der Waals surface area contributed by atoms with Crippen LogP contribution in [0.3, 0.4) is 0 Å². The van der Waals surface area contributed by atoms with E-state index in [2.05, 4.69) is 18.3 Å². The molecule has 3 nitrogen and oxygen atoms in total. The highest BCUT2D eigenvalue weighted by Gasteiger charge is 2.25. The molecule has 0 unspecified atom stereocenters. The number of nitrogens with zero attached hydrogens (tertiary/aromatic N) is 1. The minimum absolute atomic E-state index is 0.210. The molecule has 0 bridgehead atoms. The Kier molecular flexibility index (Phi) is 7.48. The first-order chi connectivity index (χ1) is 8.77. The molecule has 0 aromatic carbocycles. The first-order valence-electron chi connectivity index (χ1n) is 7.42. The van der Waals surface area contributed by atoms with Crippen molar-refractivity contribution in [3.8, 4) is 6.07 Å². The molecule has 1 fully saturated rings. The molecule has 0 aromatic rings. The maximum Gasteiger partial charge on any atom is 0.223 e. The standard InChI is InChI=1S/C15H26N2O/c1-2-3-6-13-7-9-14(10-8-13)15(18)17-12-5-4-11-16/h13-14H,2-10,12H2,1H3,(H,17,18). The first-order valence-corrected chi connectivity index (χ1v) is 7.42. The molecule has 0 aliphatic heterocycles. The molecule has 0 radical (unpaired) electrons. The van der Waals surface area contributed by atoms with Crippen LogP contribution in [0.5, 0.6) is 0 Å². The second-order valence-electron chi connectivity index (χ2n) is 5.41. The Morgan fingerprint density at radius 3 is 2.61 bits per heavy atom. The number of hydrogen-bond donors (Lipinski definition) is 1. The van der Waals surface area contributed by atoms with Crippen LogP contribution in [-0.4, -0.2) is 12.5 Å². The highest BCUT2D eigenvalue weighted by molar-refractivity contribution is 5.78. The summed E-state index contributed by atoms with van der Waals surface area (Å²) in [5.74, 6) is 1.29. The Morgan fingerprint density at radius 2 is 2.00 bits per heavy atom. The zero-order valence-electron chi connectivity index (χ0n) is 11.6. The third kappa shape index (κ3) is 5.53. The van der Waals surface area contributed by atoms with Crippen LogP contribution in [0.1, 0.15) is 64.7 Å². The largest absolute Gasteiger partial charge is 0.356 e. The predicted molar refractivity (Wildman–Crippen MR) is 72.8 cm³/mol. The van der Waals surface area contributed by atoms with Gasteiger partial charge in [0.15, 0.2) is 0 Å². The third-order valence-electron chi connectivity index (χ3n) is 3.95. The second-order valence-corrected chi connectivity index (χ2v) is 5.41. The van der Waals surface area contributed by atoms with Crippen LogP contribution in [-0.2, 0) is 4.79 Å². The van der Waals surface area contributed by atoms with E-state index in [1.165, 1.54) is 32.1 Å². The van der Waals surface area contributed by atoms with Crippen LogP contribution in [0.4, 0.5) is 0 Å². The van der Waals surface area contributed by atoms with Gasteiger partial charge in [-0.1, -0.05) is 26.2 Å². The molecule has 3 heteroatoms. The monoisotopic (exact) mass is 250 g/mol. The molecular formula is C15H26N2O. The van der Waals surface area contributed by atoms with Crippen molar-refractivity contribution in [2.24, 2.45) is 11.8 Å². The molecule has 0 aromatic heterocycles. The summed E-state index contributed by atoms with van der Waals surface area (Å²) in [6, 6.07) is 2.10. The summed E-state index contributed by atoms with van der Waals surface area (Å²) in [6.45, 7) is 2.89. The van der Waals surface area contributed by atoms with Crippen LogP contribution in [0, 0.1) is 23.2 Å². The molecule has 1 aliphatic carbocycles. The van der Waals surface area contributed by atoms with E-state index >= 15 is 0 Å². The molecule has 1 aliphatic rings. The van der Waals surface area contributed by atoms with Gasteiger partial charge in [0.1, 0.15) is 0 Å². The Hall–Kier alpha value is -1.04. The van der Waals surface area contributed by atoms with Gasteiger partial charge in [0.25, 0.3) is 0 Å². The van der Waals surface area contributed by atoms with Crippen LogP contribution >= 0.6 is 0 Å². The van der Waals surface area contributed by atoms with Crippen LogP contribution in [0.2, 0.25) is 0 Å². The van der Waals surface area contributed by atoms with Gasteiger partial charge in [-0.25, -0.2) is 0 Å². The van der Waals surface area contributed by atoms with Gasteiger partial charge >= 0.3 is 0 Å². The number of carbonyl (C=O) groups is 1. The van der Waals surface area contributed by atoms with Crippen molar-refractivity contribution in [1.29, 1.82) is 5.26 Å². The van der Waals surface area contributed by atoms with Crippen molar-refractivity contribution in [3.63, 3.8) is 0 Å². The van der Waals surface area contributed by atoms with Gasteiger partial charge in [0, 0.05) is 18.9 Å². The summed E-state index contributed by atoms with van der Waals surface area (Å²) < 4.78 is 0. The Morgan fingerprint density at radius 1 is 1.28 bits per heavy atom. The molecule has 0 spiro atoms. The summed E-state index contributed by atoms with van der Waals surface area (Å²) in [5, 5.41) is 11.4. The number of amides is 1. The summed E-state index contributed by atoms with van der Waals surface area (Å²) in [6.07, 6.45) is 9.80. The van der Waals surface area contributed by atoms with E-state index in [0.29, 0.717) is 13.0 Å². The minimum Gasteiger partial charge on any atom is -0.356 e. The summed E-state index contributed by atoms with van der Waals surface area (Å²) in [5.41, 5.74) is 0. The number of carbonyl (C=O) groups excluding carboxylic acids is 1. The molecule has 102 valence electrons. The van der Waals surface area contributed by atoms with E-state index in [1.807, 2.05) is 0 Å². The average Bonchev–Trinajstić information content (AvgIpc) is 2.41. The quantitative estimate of drug-likeness (QED) is 0.704. The lowest BCUT2D eigenvalue weighted by Crippen LogP contribution is -2.33. The normalized spacial score (nSPS) is 23.3. The smallest absolute Gasteiger partial charge is 0.223 e. The lowest BCUT2D eigenvalue weighted by Gasteiger charge is -2.27. The lowest BCUT2D eigenvalue weighted by molar-refractivity contribution is -0.126. The minimum atomic E-state index is 0.210. The highest BCUT2D eigenvalue weighted by Crippen LogP contribution is 2.31. The molecule has 1 N–H and O–H groups in total. The van der Waals surface area contributed by atoms with Crippen molar-refractivity contribution >= 4 is 5.91 Å². The summed E-state index contributed by atoms with van der Waals surface area (Å²) in [4.78, 5) is 11.9. The van der Waals surface area contributed by atoms with Gasteiger partial charge in [-0.15, -0.1) is 0 Å². The number of rotatable bonds is 7. The van der Waals surface area contributed by atoms with Gasteiger partial charge < -0.3 is 5.32 Å². The van der Waals surface area contributed by atoms with Crippen molar-refractivity contribution in [3.05, 3.63) is 0 Å². The molecule has 0 heterocycles. The third-order valence-corrected chi connectivity index (χ3v) is 3.95. The van der Waals surface area contributed by atoms with Gasteiger partial charge in [0.05, 0.1) is 6.07 Å². The first kappa shape index (κ1) is 15.0. The fraction of sp³-hybridized carbons (Fsp3) is 0.867. The number of nitriles is 1. The van der Waals surface area contributed by atoms with E-state index in [1.54, 1.807) is 0 Å². The lowest BCUT2D eigenvalue weighted by atomic mass is 9.79. The molecular weight excluding hydrogens is 224 g/mol. The molecule has 18 heavy (non-hydrogen) atoms. The zero-order chi connectivity index (χ0) is 13.2. The zero-order valence-corrected chi connectivity index (χ0v) is 11.6. The number of unbranched alkanes of at least 4 members (excludes halogenated alkanes) is 2. The van der Waals surface area contributed by atoms with E-state index in [0.717, 1.165) is 25.2 Å². The SMILES string of the molecule is CCCCC1CCC(C(=O)NCCCC#N)CC1. The van der Waals surface area contributed by atoms with Gasteiger partial charge in [-0.05, 0) is 38.0 Å². The molecule has 1 amide bonds. The van der Waals surface area contributed by atoms with E-state index in [9.17, 15) is 4.79 Å². The Balaban J connectivity index is 2.13. The van der Waals surface area contributed by atoms with Crippen LogP contribution in [0.25, 0.3) is 0 Å². The topological polar surface area (TPSA) is 52.9 Å². The fourth-order valence-corrected chi connectivity index (χ4v) is 2.73. The Labute approximate surface area is 111 Å². The van der Waals surface area contributed by atoms with Gasteiger partial charge in [0.2, 0.25) is 5.91 Å². The summed E-state index contributed by atoms with van der Waals surface area (Å²) in [7, 11) is 0. The highest BCUT2D eigenvalue weighted by atomic mass is 16.1. The van der Waals surface area contributed by atoms with E-state index in [-0.39, 0.29) is 11.8 Å². The van der Waals surface area contributed by atoms with Gasteiger partial charge in [-0.2, -0.15) is 5.26 Å². The fourth-order valence-electron chi connectivity index (χ4n) is 2.73. The van der Waals surface area contributed by atoms with Gasteiger partial charge in [-0.3, -0.25) is 4.79 Å². The van der Waals surface area contributed by atoms with Crippen LogP contribution in [0.15, 0.2) is 0 Å². The molecule has 0 saturated heterocycles. The van der Waals surface area contributed by atoms with Crippen molar-refractivity contribution in [2.75, 3.05) is 6.54 Å². The number of hydrogen-bond acceptors (Lipinski definition) is 2. The van der Waals surface area contributed by atoms with E-state index < -0.39 is 0 Å². The molecule has 1 saturated carbocycles. The molecule has 1 rings (SSSR count). The summed E-state index contributed by atoms with van der Waals surface area (Å²) >= 11 is 0. The van der Waals surface area contributed by atoms with Crippen molar-refractivity contribution in [2.45, 2.75) is 64.7 Å². The van der Waals surface area contributed by atoms with E-state index in [4.69, 9.17) is 5.26 Å². The van der Waals surface area contributed by atoms with Crippen molar-refractivity contribution < 1.29 is 4.79 Å². The second kappa shape index (κ2) is 8.97. The molecule has 0 atom stereocenters. The maximum absolute atomic E-state index is 11.9. The predicted octanol–water partition coefficient (Wildman–Crippen LogP) is 3.40. The van der Waals surface area contributed by atoms with Crippen LogP contribution < -0.4 is 5.32 Å². The number of nitrogens with one attached hydrogen (secondary N) is 1. The van der Waals surface area contributed by atoms with Crippen molar-refractivity contribution in [1.82, 2.24) is 5.32 Å².